The predicted molar refractivity (Wildman–Crippen MR) is 79.4 cm³/mol. The van der Waals surface area contributed by atoms with E-state index in [2.05, 4.69) is 41.5 Å². The quantitative estimate of drug-likeness (QED) is 0.808. The lowest BCUT2D eigenvalue weighted by Crippen LogP contribution is -2.22. The number of rotatable bonds is 6. The maximum atomic E-state index is 5.64. The van der Waals surface area contributed by atoms with E-state index in [-0.39, 0.29) is 6.04 Å². The molecule has 1 unspecified atom stereocenters. The molecule has 1 aromatic heterocycles. The minimum atomic E-state index is 0.234. The Bertz CT molecular complexity index is 539. The standard InChI is InChI=1S/C16H22N2O/c1-4-9-19-11-16(17-3)14-7-8-15-13(10-14)6-5-12(2)18-15/h5-8,10,16-17H,4,9,11H2,1-3H3. The summed E-state index contributed by atoms with van der Waals surface area (Å²) in [5, 5.41) is 4.49. The highest BCUT2D eigenvalue weighted by atomic mass is 16.5. The van der Waals surface area contributed by atoms with Crippen LogP contribution in [-0.4, -0.2) is 25.2 Å². The zero-order chi connectivity index (χ0) is 13.7. The summed E-state index contributed by atoms with van der Waals surface area (Å²) < 4.78 is 5.64. The highest BCUT2D eigenvalue weighted by Crippen LogP contribution is 2.20. The number of nitrogens with one attached hydrogen (secondary N) is 1. The first-order chi connectivity index (χ1) is 9.24. The second-order valence-corrected chi connectivity index (χ2v) is 4.82. The number of hydrogen-bond donors (Lipinski definition) is 1. The van der Waals surface area contributed by atoms with Crippen molar-refractivity contribution in [2.75, 3.05) is 20.3 Å². The summed E-state index contributed by atoms with van der Waals surface area (Å²) in [4.78, 5) is 4.53. The molecule has 2 aromatic rings. The summed E-state index contributed by atoms with van der Waals surface area (Å²) in [5.74, 6) is 0. The fourth-order valence-electron chi connectivity index (χ4n) is 2.15. The highest BCUT2D eigenvalue weighted by Gasteiger charge is 2.10. The Morgan fingerprint density at radius 2 is 2.11 bits per heavy atom. The lowest BCUT2D eigenvalue weighted by molar-refractivity contribution is 0.114. The summed E-state index contributed by atoms with van der Waals surface area (Å²) in [6.45, 7) is 5.66. The molecule has 0 saturated carbocycles. The van der Waals surface area contributed by atoms with Gasteiger partial charge in [-0.15, -0.1) is 0 Å². The minimum absolute atomic E-state index is 0.234. The Kier molecular flexibility index (Phi) is 4.88. The van der Waals surface area contributed by atoms with Crippen LogP contribution in [0, 0.1) is 6.92 Å². The Balaban J connectivity index is 2.20. The molecule has 0 spiro atoms. The third-order valence-corrected chi connectivity index (χ3v) is 3.24. The largest absolute Gasteiger partial charge is 0.379 e. The van der Waals surface area contributed by atoms with Crippen molar-refractivity contribution >= 4 is 10.9 Å². The molecule has 3 heteroatoms. The van der Waals surface area contributed by atoms with Crippen LogP contribution in [0.4, 0.5) is 0 Å². The van der Waals surface area contributed by atoms with Crippen LogP contribution >= 0.6 is 0 Å². The third kappa shape index (κ3) is 3.52. The van der Waals surface area contributed by atoms with Crippen molar-refractivity contribution in [2.24, 2.45) is 0 Å². The molecule has 0 aliphatic rings. The number of benzene rings is 1. The Morgan fingerprint density at radius 1 is 1.26 bits per heavy atom. The number of aryl methyl sites for hydroxylation is 1. The van der Waals surface area contributed by atoms with Gasteiger partial charge in [-0.2, -0.15) is 0 Å². The van der Waals surface area contributed by atoms with E-state index in [0.717, 1.165) is 24.2 Å². The molecule has 19 heavy (non-hydrogen) atoms. The molecule has 0 bridgehead atoms. The number of fused-ring (bicyclic) bond motifs is 1. The summed E-state index contributed by atoms with van der Waals surface area (Å²) >= 11 is 0. The van der Waals surface area contributed by atoms with Crippen LogP contribution in [0.3, 0.4) is 0 Å². The molecule has 1 atom stereocenters. The number of ether oxygens (including phenoxy) is 1. The van der Waals surface area contributed by atoms with Gasteiger partial charge >= 0.3 is 0 Å². The minimum Gasteiger partial charge on any atom is -0.379 e. The first-order valence-electron chi connectivity index (χ1n) is 6.87. The van der Waals surface area contributed by atoms with Crippen LogP contribution in [0.2, 0.25) is 0 Å². The van der Waals surface area contributed by atoms with Gasteiger partial charge in [0.15, 0.2) is 0 Å². The summed E-state index contributed by atoms with van der Waals surface area (Å²) in [7, 11) is 1.97. The predicted octanol–water partition coefficient (Wildman–Crippen LogP) is 3.23. The zero-order valence-electron chi connectivity index (χ0n) is 11.9. The highest BCUT2D eigenvalue weighted by molar-refractivity contribution is 5.79. The monoisotopic (exact) mass is 258 g/mol. The average molecular weight is 258 g/mol. The van der Waals surface area contributed by atoms with Gasteiger partial charge in [-0.25, -0.2) is 0 Å². The van der Waals surface area contributed by atoms with Gasteiger partial charge in [0.05, 0.1) is 18.2 Å². The van der Waals surface area contributed by atoms with Gasteiger partial charge in [0, 0.05) is 17.7 Å². The van der Waals surface area contributed by atoms with Crippen molar-refractivity contribution in [2.45, 2.75) is 26.3 Å². The summed E-state index contributed by atoms with van der Waals surface area (Å²) in [6.07, 6.45) is 1.05. The Labute approximate surface area is 115 Å². The third-order valence-electron chi connectivity index (χ3n) is 3.24. The van der Waals surface area contributed by atoms with E-state index in [1.54, 1.807) is 0 Å². The van der Waals surface area contributed by atoms with Crippen molar-refractivity contribution in [1.29, 1.82) is 0 Å². The van der Waals surface area contributed by atoms with Crippen LogP contribution in [-0.2, 0) is 4.74 Å². The molecular formula is C16H22N2O. The molecule has 1 aromatic carbocycles. The number of hydrogen-bond acceptors (Lipinski definition) is 3. The smallest absolute Gasteiger partial charge is 0.0705 e. The molecule has 0 fully saturated rings. The van der Waals surface area contributed by atoms with Gasteiger partial charge in [0.1, 0.15) is 0 Å². The van der Waals surface area contributed by atoms with Crippen LogP contribution in [0.25, 0.3) is 10.9 Å². The molecule has 0 saturated heterocycles. The summed E-state index contributed by atoms with van der Waals surface area (Å²) in [6, 6.07) is 10.8. The Hall–Kier alpha value is -1.45. The van der Waals surface area contributed by atoms with E-state index in [1.165, 1.54) is 10.9 Å². The van der Waals surface area contributed by atoms with E-state index in [4.69, 9.17) is 4.74 Å². The van der Waals surface area contributed by atoms with E-state index in [9.17, 15) is 0 Å². The molecule has 2 rings (SSSR count). The van der Waals surface area contributed by atoms with Gasteiger partial charge in [-0.3, -0.25) is 4.98 Å². The molecular weight excluding hydrogens is 236 g/mol. The topological polar surface area (TPSA) is 34.1 Å². The zero-order valence-corrected chi connectivity index (χ0v) is 11.9. The second kappa shape index (κ2) is 6.64. The molecule has 0 radical (unpaired) electrons. The van der Waals surface area contributed by atoms with Crippen molar-refractivity contribution < 1.29 is 4.74 Å². The number of aromatic nitrogens is 1. The number of pyridine rings is 1. The van der Waals surface area contributed by atoms with Crippen molar-refractivity contribution in [1.82, 2.24) is 10.3 Å². The maximum absolute atomic E-state index is 5.64. The fourth-order valence-corrected chi connectivity index (χ4v) is 2.15. The normalized spacial score (nSPS) is 12.8. The van der Waals surface area contributed by atoms with Gasteiger partial charge in [-0.05, 0) is 44.2 Å². The van der Waals surface area contributed by atoms with E-state index < -0.39 is 0 Å². The maximum Gasteiger partial charge on any atom is 0.0705 e. The SMILES string of the molecule is CCCOCC(NC)c1ccc2nc(C)ccc2c1. The summed E-state index contributed by atoms with van der Waals surface area (Å²) in [5.41, 5.74) is 3.35. The average Bonchev–Trinajstić information content (AvgIpc) is 2.43. The first-order valence-corrected chi connectivity index (χ1v) is 6.87. The van der Waals surface area contributed by atoms with Gasteiger partial charge in [-0.1, -0.05) is 19.1 Å². The lowest BCUT2D eigenvalue weighted by atomic mass is 10.0. The van der Waals surface area contributed by atoms with E-state index in [0.29, 0.717) is 6.61 Å². The molecule has 0 aliphatic heterocycles. The van der Waals surface area contributed by atoms with E-state index >= 15 is 0 Å². The van der Waals surface area contributed by atoms with Crippen LogP contribution in [0.15, 0.2) is 30.3 Å². The Morgan fingerprint density at radius 3 is 2.84 bits per heavy atom. The molecule has 102 valence electrons. The van der Waals surface area contributed by atoms with E-state index in [1.807, 2.05) is 20.0 Å². The lowest BCUT2D eigenvalue weighted by Gasteiger charge is -2.17. The van der Waals surface area contributed by atoms with Crippen LogP contribution in [0.1, 0.15) is 30.6 Å². The molecule has 0 aliphatic carbocycles. The molecule has 1 heterocycles. The van der Waals surface area contributed by atoms with Gasteiger partial charge in [0.2, 0.25) is 0 Å². The molecule has 0 amide bonds. The van der Waals surface area contributed by atoms with Gasteiger partial charge in [0.25, 0.3) is 0 Å². The van der Waals surface area contributed by atoms with Crippen molar-refractivity contribution in [3.63, 3.8) is 0 Å². The number of nitrogens with zero attached hydrogens (tertiary/aromatic N) is 1. The number of likely N-dealkylation sites (N-methyl/N-ethyl adjacent to an activating group) is 1. The van der Waals surface area contributed by atoms with Crippen LogP contribution < -0.4 is 5.32 Å². The van der Waals surface area contributed by atoms with Gasteiger partial charge < -0.3 is 10.1 Å². The first kappa shape index (κ1) is 14.0. The molecule has 3 nitrogen and oxygen atoms in total. The molecule has 1 N–H and O–H groups in total. The van der Waals surface area contributed by atoms with Crippen molar-refractivity contribution in [3.05, 3.63) is 41.6 Å². The van der Waals surface area contributed by atoms with Crippen LogP contribution in [0.5, 0.6) is 0 Å². The van der Waals surface area contributed by atoms with Crippen molar-refractivity contribution in [3.8, 4) is 0 Å². The second-order valence-electron chi connectivity index (χ2n) is 4.82. The fraction of sp³-hybridized carbons (Fsp3) is 0.438.